The summed E-state index contributed by atoms with van der Waals surface area (Å²) in [5.41, 5.74) is 0. The van der Waals surface area contributed by atoms with E-state index in [1.165, 1.54) is 63.6 Å². The minimum absolute atomic E-state index is 0.901. The Hall–Kier alpha value is -0.830. The third-order valence-corrected chi connectivity index (χ3v) is 3.76. The van der Waals surface area contributed by atoms with Crippen LogP contribution in [0.4, 0.5) is 0 Å². The molecule has 0 aliphatic rings. The highest BCUT2D eigenvalue weighted by Crippen LogP contribution is 2.09. The highest BCUT2D eigenvalue weighted by atomic mass is 15.1. The van der Waals surface area contributed by atoms with Gasteiger partial charge in [0, 0.05) is 18.9 Å². The quantitative estimate of drug-likeness (QED) is 0.538. The second-order valence-corrected chi connectivity index (χ2v) is 5.69. The van der Waals surface area contributed by atoms with Gasteiger partial charge in [-0.15, -0.1) is 0 Å². The highest BCUT2D eigenvalue weighted by Gasteiger charge is 2.01. The van der Waals surface area contributed by atoms with Gasteiger partial charge < -0.3 is 9.88 Å². The van der Waals surface area contributed by atoms with Crippen molar-refractivity contribution in [3.63, 3.8) is 0 Å². The number of rotatable bonds is 13. The molecular weight excluding hydrogens is 246 g/mol. The van der Waals surface area contributed by atoms with Crippen LogP contribution in [0.15, 0.2) is 12.4 Å². The van der Waals surface area contributed by atoms with Gasteiger partial charge in [0.25, 0.3) is 0 Å². The van der Waals surface area contributed by atoms with Gasteiger partial charge in [-0.2, -0.15) is 0 Å². The predicted molar refractivity (Wildman–Crippen MR) is 86.8 cm³/mol. The molecule has 0 aliphatic carbocycles. The van der Waals surface area contributed by atoms with Crippen molar-refractivity contribution in [3.05, 3.63) is 18.2 Å². The summed E-state index contributed by atoms with van der Waals surface area (Å²) in [6.07, 6.45) is 16.2. The fourth-order valence-corrected chi connectivity index (χ4v) is 2.50. The van der Waals surface area contributed by atoms with Crippen LogP contribution in [0.5, 0.6) is 0 Å². The number of nitrogens with one attached hydrogen (secondary N) is 1. The van der Waals surface area contributed by atoms with Gasteiger partial charge in [-0.3, -0.25) is 0 Å². The normalized spacial score (nSPS) is 11.1. The monoisotopic (exact) mass is 279 g/mol. The summed E-state index contributed by atoms with van der Waals surface area (Å²) in [7, 11) is 0. The molecule has 0 fully saturated rings. The van der Waals surface area contributed by atoms with Gasteiger partial charge >= 0.3 is 0 Å². The van der Waals surface area contributed by atoms with Gasteiger partial charge in [-0.1, -0.05) is 58.8 Å². The molecule has 1 aromatic rings. The zero-order valence-electron chi connectivity index (χ0n) is 13.5. The molecule has 0 radical (unpaired) electrons. The number of hydrogen-bond donors (Lipinski definition) is 1. The van der Waals surface area contributed by atoms with Gasteiger partial charge in [0.05, 0.1) is 6.54 Å². The van der Waals surface area contributed by atoms with Gasteiger partial charge in [0.15, 0.2) is 0 Å². The second-order valence-electron chi connectivity index (χ2n) is 5.69. The van der Waals surface area contributed by atoms with E-state index in [2.05, 4.69) is 34.9 Å². The Labute approximate surface area is 125 Å². The molecule has 0 saturated heterocycles. The van der Waals surface area contributed by atoms with Crippen molar-refractivity contribution >= 4 is 0 Å². The lowest BCUT2D eigenvalue weighted by molar-refractivity contribution is 0.526. The van der Waals surface area contributed by atoms with Crippen LogP contribution in [0, 0.1) is 0 Å². The minimum Gasteiger partial charge on any atom is -0.334 e. The Bertz CT molecular complexity index is 320. The number of aryl methyl sites for hydroxylation is 1. The molecule has 0 unspecified atom stereocenters. The summed E-state index contributed by atoms with van der Waals surface area (Å²) in [5, 5.41) is 3.42. The molecule has 1 heterocycles. The number of unbranched alkanes of at least 4 members (excludes halogenated alkanes) is 7. The lowest BCUT2D eigenvalue weighted by Crippen LogP contribution is -2.17. The van der Waals surface area contributed by atoms with E-state index in [9.17, 15) is 0 Å². The molecular formula is C17H33N3. The summed E-state index contributed by atoms with van der Waals surface area (Å²) in [5.74, 6) is 1.18. The lowest BCUT2D eigenvalue weighted by Gasteiger charge is -2.08. The van der Waals surface area contributed by atoms with Gasteiger partial charge in [-0.25, -0.2) is 4.98 Å². The summed E-state index contributed by atoms with van der Waals surface area (Å²) in [4.78, 5) is 4.44. The Kier molecular flexibility index (Phi) is 10.3. The number of nitrogens with zero attached hydrogens (tertiary/aromatic N) is 2. The average molecular weight is 279 g/mol. The molecule has 0 amide bonds. The summed E-state index contributed by atoms with van der Waals surface area (Å²) in [6, 6.07) is 0. The first-order valence-electron chi connectivity index (χ1n) is 8.59. The minimum atomic E-state index is 0.901. The Morgan fingerprint density at radius 3 is 2.35 bits per heavy atom. The molecule has 0 spiro atoms. The summed E-state index contributed by atoms with van der Waals surface area (Å²) < 4.78 is 2.31. The predicted octanol–water partition coefficient (Wildman–Crippen LogP) is 4.52. The van der Waals surface area contributed by atoms with E-state index < -0.39 is 0 Å². The SMILES string of the molecule is CCCCCCCCCCn1ccnc1CNCCC. The van der Waals surface area contributed by atoms with Crippen molar-refractivity contribution in [3.8, 4) is 0 Å². The van der Waals surface area contributed by atoms with Crippen molar-refractivity contribution < 1.29 is 0 Å². The molecule has 1 rings (SSSR count). The smallest absolute Gasteiger partial charge is 0.122 e. The number of imidazole rings is 1. The molecule has 0 atom stereocenters. The highest BCUT2D eigenvalue weighted by molar-refractivity contribution is 4.91. The van der Waals surface area contributed by atoms with E-state index in [1.807, 2.05) is 6.20 Å². The molecule has 1 N–H and O–H groups in total. The zero-order chi connectivity index (χ0) is 14.5. The van der Waals surface area contributed by atoms with Crippen LogP contribution in [0.2, 0.25) is 0 Å². The van der Waals surface area contributed by atoms with Crippen molar-refractivity contribution in [2.24, 2.45) is 0 Å². The first-order chi connectivity index (χ1) is 9.88. The van der Waals surface area contributed by atoms with Crippen LogP contribution >= 0.6 is 0 Å². The molecule has 0 saturated carbocycles. The van der Waals surface area contributed by atoms with Crippen LogP contribution in [0.3, 0.4) is 0 Å². The second kappa shape index (κ2) is 12.0. The standard InChI is InChI=1S/C17H33N3/c1-3-5-6-7-8-9-10-11-14-20-15-13-19-17(20)16-18-12-4-2/h13,15,18H,3-12,14,16H2,1-2H3. The third-order valence-electron chi connectivity index (χ3n) is 3.76. The van der Waals surface area contributed by atoms with Gasteiger partial charge in [0.1, 0.15) is 5.82 Å². The number of hydrogen-bond acceptors (Lipinski definition) is 2. The van der Waals surface area contributed by atoms with Crippen molar-refractivity contribution in [1.82, 2.24) is 14.9 Å². The third kappa shape index (κ3) is 7.68. The van der Waals surface area contributed by atoms with Crippen LogP contribution in [0.1, 0.15) is 77.5 Å². The maximum atomic E-state index is 4.44. The fourth-order valence-electron chi connectivity index (χ4n) is 2.50. The number of aromatic nitrogens is 2. The Balaban J connectivity index is 2.05. The molecule has 3 nitrogen and oxygen atoms in total. The van der Waals surface area contributed by atoms with Crippen molar-refractivity contribution in [2.75, 3.05) is 6.54 Å². The maximum absolute atomic E-state index is 4.44. The first kappa shape index (κ1) is 17.2. The lowest BCUT2D eigenvalue weighted by atomic mass is 10.1. The average Bonchev–Trinajstić information content (AvgIpc) is 2.90. The summed E-state index contributed by atoms with van der Waals surface area (Å²) in [6.45, 7) is 7.57. The molecule has 116 valence electrons. The van der Waals surface area contributed by atoms with Crippen LogP contribution in [-0.2, 0) is 13.1 Å². The van der Waals surface area contributed by atoms with E-state index in [1.54, 1.807) is 0 Å². The molecule has 0 aromatic carbocycles. The summed E-state index contributed by atoms with van der Waals surface area (Å²) >= 11 is 0. The van der Waals surface area contributed by atoms with E-state index in [0.717, 1.165) is 19.6 Å². The molecule has 20 heavy (non-hydrogen) atoms. The Morgan fingerprint density at radius 2 is 1.65 bits per heavy atom. The molecule has 0 aliphatic heterocycles. The maximum Gasteiger partial charge on any atom is 0.122 e. The van der Waals surface area contributed by atoms with E-state index in [-0.39, 0.29) is 0 Å². The fraction of sp³-hybridized carbons (Fsp3) is 0.824. The van der Waals surface area contributed by atoms with Gasteiger partial charge in [0.2, 0.25) is 0 Å². The molecule has 1 aromatic heterocycles. The molecule has 3 heteroatoms. The van der Waals surface area contributed by atoms with E-state index in [4.69, 9.17) is 0 Å². The topological polar surface area (TPSA) is 29.9 Å². The van der Waals surface area contributed by atoms with Crippen molar-refractivity contribution in [2.45, 2.75) is 84.7 Å². The van der Waals surface area contributed by atoms with Crippen LogP contribution in [0.25, 0.3) is 0 Å². The van der Waals surface area contributed by atoms with Crippen molar-refractivity contribution in [1.29, 1.82) is 0 Å². The first-order valence-corrected chi connectivity index (χ1v) is 8.59. The van der Waals surface area contributed by atoms with E-state index >= 15 is 0 Å². The Morgan fingerprint density at radius 1 is 0.950 bits per heavy atom. The zero-order valence-corrected chi connectivity index (χ0v) is 13.5. The van der Waals surface area contributed by atoms with Crippen LogP contribution in [-0.4, -0.2) is 16.1 Å². The van der Waals surface area contributed by atoms with Crippen LogP contribution < -0.4 is 5.32 Å². The van der Waals surface area contributed by atoms with E-state index in [0.29, 0.717) is 0 Å². The van der Waals surface area contributed by atoms with Gasteiger partial charge in [-0.05, 0) is 19.4 Å². The largest absolute Gasteiger partial charge is 0.334 e. The molecule has 0 bridgehead atoms.